The number of carbonyl (C=O) groups excluding carboxylic acids is 1. The zero-order valence-corrected chi connectivity index (χ0v) is 12.3. The molecule has 1 heterocycles. The van der Waals surface area contributed by atoms with Gasteiger partial charge in [-0.2, -0.15) is 0 Å². The minimum Gasteiger partial charge on any atom is -0.345 e. The van der Waals surface area contributed by atoms with E-state index in [1.54, 1.807) is 12.4 Å². The topological polar surface area (TPSA) is 83.8 Å². The fraction of sp³-hybridized carbons (Fsp3) is 0.412. The molecule has 0 spiro atoms. The van der Waals surface area contributed by atoms with Gasteiger partial charge in [-0.15, -0.1) is 0 Å². The minimum absolute atomic E-state index is 0.0245. The highest BCUT2D eigenvalue weighted by atomic mass is 16.2. The Kier molecular flexibility index (Phi) is 3.22. The molecule has 0 radical (unpaired) electrons. The van der Waals surface area contributed by atoms with Crippen molar-refractivity contribution in [2.45, 2.75) is 25.3 Å². The standard InChI is InChI=1S/C17H20N4O/c18-15-12-2-1-11(9-12)14(15)17(22)21-13-5-3-10(4-6-13)16-19-7-8-20-16/h3-8,11-12,14-15H,1-2,9,18H2,(H,19,20)(H,21,22). The van der Waals surface area contributed by atoms with Crippen molar-refractivity contribution in [1.29, 1.82) is 0 Å². The summed E-state index contributed by atoms with van der Waals surface area (Å²) < 4.78 is 0. The zero-order chi connectivity index (χ0) is 15.1. The quantitative estimate of drug-likeness (QED) is 0.813. The summed E-state index contributed by atoms with van der Waals surface area (Å²) >= 11 is 0. The van der Waals surface area contributed by atoms with Crippen LogP contribution in [0.4, 0.5) is 5.69 Å². The van der Waals surface area contributed by atoms with Crippen LogP contribution in [0.25, 0.3) is 11.4 Å². The van der Waals surface area contributed by atoms with Crippen LogP contribution in [0.2, 0.25) is 0 Å². The van der Waals surface area contributed by atoms with E-state index in [1.165, 1.54) is 6.42 Å². The highest BCUT2D eigenvalue weighted by Crippen LogP contribution is 2.47. The molecule has 2 aliphatic rings. The summed E-state index contributed by atoms with van der Waals surface area (Å²) in [5, 5.41) is 3.02. The number of benzene rings is 1. The zero-order valence-electron chi connectivity index (χ0n) is 12.3. The van der Waals surface area contributed by atoms with E-state index in [9.17, 15) is 4.79 Å². The van der Waals surface area contributed by atoms with Crippen molar-refractivity contribution in [3.05, 3.63) is 36.7 Å². The van der Waals surface area contributed by atoms with Gasteiger partial charge in [-0.1, -0.05) is 0 Å². The van der Waals surface area contributed by atoms with Crippen LogP contribution in [-0.4, -0.2) is 21.9 Å². The molecule has 4 N–H and O–H groups in total. The molecule has 4 atom stereocenters. The van der Waals surface area contributed by atoms with E-state index in [0.717, 1.165) is 29.9 Å². The number of imidazole rings is 1. The Balaban J connectivity index is 1.46. The molecule has 0 saturated heterocycles. The highest BCUT2D eigenvalue weighted by Gasteiger charge is 2.49. The van der Waals surface area contributed by atoms with E-state index in [2.05, 4.69) is 15.3 Å². The lowest BCUT2D eigenvalue weighted by Crippen LogP contribution is -2.42. The van der Waals surface area contributed by atoms with Crippen LogP contribution in [0.5, 0.6) is 0 Å². The smallest absolute Gasteiger partial charge is 0.229 e. The number of carbonyl (C=O) groups is 1. The molecule has 1 aromatic heterocycles. The first-order valence-electron chi connectivity index (χ1n) is 7.88. The third kappa shape index (κ3) is 2.22. The first-order valence-corrected chi connectivity index (χ1v) is 7.88. The summed E-state index contributed by atoms with van der Waals surface area (Å²) in [7, 11) is 0. The van der Waals surface area contributed by atoms with E-state index >= 15 is 0 Å². The van der Waals surface area contributed by atoms with Gasteiger partial charge in [-0.05, 0) is 55.4 Å². The van der Waals surface area contributed by atoms with E-state index in [1.807, 2.05) is 24.3 Å². The van der Waals surface area contributed by atoms with Crippen molar-refractivity contribution in [2.75, 3.05) is 5.32 Å². The number of rotatable bonds is 3. The molecule has 1 aromatic carbocycles. The maximum absolute atomic E-state index is 12.5. The van der Waals surface area contributed by atoms with Crippen LogP contribution in [0, 0.1) is 17.8 Å². The molecule has 2 aromatic rings. The van der Waals surface area contributed by atoms with E-state index in [4.69, 9.17) is 5.73 Å². The number of nitrogens with one attached hydrogen (secondary N) is 2. The lowest BCUT2D eigenvalue weighted by Gasteiger charge is -2.27. The largest absolute Gasteiger partial charge is 0.345 e. The second kappa shape index (κ2) is 5.25. The number of nitrogens with zero attached hydrogens (tertiary/aromatic N) is 1. The fourth-order valence-corrected chi connectivity index (χ4v) is 4.08. The van der Waals surface area contributed by atoms with Gasteiger partial charge in [0.15, 0.2) is 0 Å². The molecular weight excluding hydrogens is 276 g/mol. The Morgan fingerprint density at radius 3 is 2.64 bits per heavy atom. The van der Waals surface area contributed by atoms with Crippen LogP contribution < -0.4 is 11.1 Å². The van der Waals surface area contributed by atoms with Crippen LogP contribution in [0.1, 0.15) is 19.3 Å². The predicted molar refractivity (Wildman–Crippen MR) is 84.9 cm³/mol. The molecule has 5 heteroatoms. The van der Waals surface area contributed by atoms with Gasteiger partial charge in [0.25, 0.3) is 0 Å². The van der Waals surface area contributed by atoms with Gasteiger partial charge in [0.1, 0.15) is 5.82 Å². The van der Waals surface area contributed by atoms with Gasteiger partial charge in [0.2, 0.25) is 5.91 Å². The molecule has 0 aliphatic heterocycles. The molecule has 4 rings (SSSR count). The van der Waals surface area contributed by atoms with Crippen molar-refractivity contribution in [3.63, 3.8) is 0 Å². The average molecular weight is 296 g/mol. The Hall–Kier alpha value is -2.14. The molecule has 4 unspecified atom stereocenters. The lowest BCUT2D eigenvalue weighted by atomic mass is 9.84. The van der Waals surface area contributed by atoms with Gasteiger partial charge in [-0.25, -0.2) is 4.98 Å². The van der Waals surface area contributed by atoms with Crippen LogP contribution in [-0.2, 0) is 4.79 Å². The monoisotopic (exact) mass is 296 g/mol. The second-order valence-electron chi connectivity index (χ2n) is 6.44. The minimum atomic E-state index is -0.0245. The van der Waals surface area contributed by atoms with Gasteiger partial charge >= 0.3 is 0 Å². The van der Waals surface area contributed by atoms with Crippen molar-refractivity contribution < 1.29 is 4.79 Å². The molecular formula is C17H20N4O. The number of nitrogens with two attached hydrogens (primary N) is 1. The molecule has 22 heavy (non-hydrogen) atoms. The third-order valence-corrected chi connectivity index (χ3v) is 5.21. The molecule has 2 fully saturated rings. The molecule has 2 saturated carbocycles. The summed E-state index contributed by atoms with van der Waals surface area (Å²) in [4.78, 5) is 19.8. The third-order valence-electron chi connectivity index (χ3n) is 5.21. The van der Waals surface area contributed by atoms with Gasteiger partial charge in [0, 0.05) is 29.7 Å². The number of fused-ring (bicyclic) bond motifs is 2. The van der Waals surface area contributed by atoms with E-state index in [0.29, 0.717) is 11.8 Å². The number of anilines is 1. The summed E-state index contributed by atoms with van der Waals surface area (Å²) in [5.41, 5.74) is 8.05. The van der Waals surface area contributed by atoms with Crippen molar-refractivity contribution >= 4 is 11.6 Å². The van der Waals surface area contributed by atoms with Crippen LogP contribution in [0.15, 0.2) is 36.7 Å². The summed E-state index contributed by atoms with van der Waals surface area (Å²) in [6.45, 7) is 0. The summed E-state index contributed by atoms with van der Waals surface area (Å²) in [5.74, 6) is 1.89. The van der Waals surface area contributed by atoms with Crippen LogP contribution >= 0.6 is 0 Å². The maximum Gasteiger partial charge on any atom is 0.229 e. The fourth-order valence-electron chi connectivity index (χ4n) is 4.08. The van der Waals surface area contributed by atoms with Gasteiger partial charge < -0.3 is 16.0 Å². The first kappa shape index (κ1) is 13.5. The number of hydrogen-bond acceptors (Lipinski definition) is 3. The SMILES string of the molecule is NC1C2CCC(C2)C1C(=O)Nc1ccc(-c2ncc[nH]2)cc1. The highest BCUT2D eigenvalue weighted by molar-refractivity contribution is 5.93. The van der Waals surface area contributed by atoms with Crippen molar-refractivity contribution in [2.24, 2.45) is 23.5 Å². The number of amides is 1. The lowest BCUT2D eigenvalue weighted by molar-refractivity contribution is -0.121. The van der Waals surface area contributed by atoms with Gasteiger partial charge in [0.05, 0.1) is 5.92 Å². The normalized spacial score (nSPS) is 29.7. The Morgan fingerprint density at radius 1 is 1.23 bits per heavy atom. The Morgan fingerprint density at radius 2 is 2.00 bits per heavy atom. The van der Waals surface area contributed by atoms with Gasteiger partial charge in [-0.3, -0.25) is 4.79 Å². The van der Waals surface area contributed by atoms with Crippen molar-refractivity contribution in [3.8, 4) is 11.4 Å². The second-order valence-corrected chi connectivity index (χ2v) is 6.44. The molecule has 5 nitrogen and oxygen atoms in total. The predicted octanol–water partition coefficient (Wildman–Crippen LogP) is 2.39. The first-order chi connectivity index (χ1) is 10.7. The molecule has 2 aliphatic carbocycles. The number of hydrogen-bond donors (Lipinski definition) is 3. The number of aromatic amines is 1. The number of aromatic nitrogens is 2. The summed E-state index contributed by atoms with van der Waals surface area (Å²) in [6.07, 6.45) is 6.97. The number of H-pyrrole nitrogens is 1. The Bertz CT molecular complexity index is 662. The van der Waals surface area contributed by atoms with Crippen molar-refractivity contribution in [1.82, 2.24) is 9.97 Å². The average Bonchev–Trinajstić information content (AvgIpc) is 3.25. The summed E-state index contributed by atoms with van der Waals surface area (Å²) in [6, 6.07) is 7.76. The molecule has 2 bridgehead atoms. The van der Waals surface area contributed by atoms with Crippen LogP contribution in [0.3, 0.4) is 0 Å². The molecule has 1 amide bonds. The van der Waals surface area contributed by atoms with E-state index < -0.39 is 0 Å². The maximum atomic E-state index is 12.5. The van der Waals surface area contributed by atoms with E-state index in [-0.39, 0.29) is 17.9 Å². The molecule has 114 valence electrons. The Labute approximate surface area is 129 Å².